The molecule has 3 heteroatoms. The van der Waals surface area contributed by atoms with Crippen molar-refractivity contribution in [3.05, 3.63) is 29.8 Å². The standard InChI is InChI=1S/C12H13NO2/c1-3-4-9-15-12(14)13-11-7-5-10(2)6-8-11/h1,5-8H,4,9H2,2H3,(H,13,14). The van der Waals surface area contributed by atoms with E-state index in [2.05, 4.69) is 11.2 Å². The van der Waals surface area contributed by atoms with Crippen molar-refractivity contribution < 1.29 is 9.53 Å². The number of rotatable bonds is 3. The predicted octanol–water partition coefficient (Wildman–Crippen LogP) is 2.57. The molecule has 1 amide bonds. The first kappa shape index (κ1) is 11.1. The highest BCUT2D eigenvalue weighted by Crippen LogP contribution is 2.08. The minimum atomic E-state index is -0.478. The molecule has 1 aromatic carbocycles. The first-order valence-electron chi connectivity index (χ1n) is 4.66. The van der Waals surface area contributed by atoms with Gasteiger partial charge < -0.3 is 4.74 Å². The summed E-state index contributed by atoms with van der Waals surface area (Å²) >= 11 is 0. The Kier molecular flexibility index (Phi) is 4.24. The number of aryl methyl sites for hydroxylation is 1. The fourth-order valence-electron chi connectivity index (χ4n) is 0.993. The molecular formula is C12H13NO2. The Bertz CT molecular complexity index is 362. The van der Waals surface area contributed by atoms with Crippen molar-refractivity contribution in [2.45, 2.75) is 13.3 Å². The van der Waals surface area contributed by atoms with E-state index >= 15 is 0 Å². The number of carbonyl (C=O) groups excluding carboxylic acids is 1. The molecule has 3 nitrogen and oxygen atoms in total. The Hall–Kier alpha value is -1.95. The van der Waals surface area contributed by atoms with E-state index in [9.17, 15) is 4.79 Å². The maximum Gasteiger partial charge on any atom is 0.411 e. The van der Waals surface area contributed by atoms with Crippen LogP contribution in [0.15, 0.2) is 24.3 Å². The van der Waals surface area contributed by atoms with Gasteiger partial charge in [-0.1, -0.05) is 17.7 Å². The van der Waals surface area contributed by atoms with Gasteiger partial charge in [0.2, 0.25) is 0 Å². The zero-order valence-corrected chi connectivity index (χ0v) is 8.62. The van der Waals surface area contributed by atoms with E-state index in [0.717, 1.165) is 5.56 Å². The summed E-state index contributed by atoms with van der Waals surface area (Å²) in [5, 5.41) is 2.60. The average molecular weight is 203 g/mol. The highest BCUT2D eigenvalue weighted by atomic mass is 16.5. The van der Waals surface area contributed by atoms with Gasteiger partial charge in [0.05, 0.1) is 0 Å². The summed E-state index contributed by atoms with van der Waals surface area (Å²) in [6.45, 7) is 2.23. The summed E-state index contributed by atoms with van der Waals surface area (Å²) < 4.78 is 4.82. The molecule has 0 fully saturated rings. The van der Waals surface area contributed by atoms with Crippen LogP contribution in [-0.4, -0.2) is 12.7 Å². The molecule has 1 rings (SSSR count). The van der Waals surface area contributed by atoms with Crippen molar-refractivity contribution in [2.75, 3.05) is 11.9 Å². The Morgan fingerprint density at radius 3 is 2.73 bits per heavy atom. The number of nitrogens with one attached hydrogen (secondary N) is 1. The quantitative estimate of drug-likeness (QED) is 0.605. The summed E-state index contributed by atoms with van der Waals surface area (Å²) in [4.78, 5) is 11.2. The topological polar surface area (TPSA) is 38.3 Å². The average Bonchev–Trinajstić information content (AvgIpc) is 2.22. The highest BCUT2D eigenvalue weighted by Gasteiger charge is 2.01. The molecule has 78 valence electrons. The maximum absolute atomic E-state index is 11.2. The molecule has 0 aliphatic heterocycles. The highest BCUT2D eigenvalue weighted by molar-refractivity contribution is 5.84. The summed E-state index contributed by atoms with van der Waals surface area (Å²) in [5.41, 5.74) is 1.85. The summed E-state index contributed by atoms with van der Waals surface area (Å²) in [6, 6.07) is 7.46. The number of hydrogen-bond acceptors (Lipinski definition) is 2. The van der Waals surface area contributed by atoms with E-state index in [0.29, 0.717) is 12.1 Å². The lowest BCUT2D eigenvalue weighted by Gasteiger charge is -2.05. The normalized spacial score (nSPS) is 9.07. The molecule has 0 atom stereocenters. The van der Waals surface area contributed by atoms with Gasteiger partial charge >= 0.3 is 6.09 Å². The summed E-state index contributed by atoms with van der Waals surface area (Å²) in [6.07, 6.45) is 4.98. The Balaban J connectivity index is 2.38. The molecule has 0 saturated heterocycles. The zero-order valence-electron chi connectivity index (χ0n) is 8.62. The van der Waals surface area contributed by atoms with Gasteiger partial charge in [0, 0.05) is 12.1 Å². The van der Waals surface area contributed by atoms with Crippen LogP contribution in [0.5, 0.6) is 0 Å². The van der Waals surface area contributed by atoms with E-state index in [-0.39, 0.29) is 6.61 Å². The molecule has 0 heterocycles. The third-order valence-electron chi connectivity index (χ3n) is 1.78. The molecular weight excluding hydrogens is 190 g/mol. The third-order valence-corrected chi connectivity index (χ3v) is 1.78. The van der Waals surface area contributed by atoms with Gasteiger partial charge in [0.25, 0.3) is 0 Å². The Labute approximate surface area is 89.4 Å². The number of ether oxygens (including phenoxy) is 1. The molecule has 0 aromatic heterocycles. The van der Waals surface area contributed by atoms with Crippen molar-refractivity contribution in [1.29, 1.82) is 0 Å². The van der Waals surface area contributed by atoms with Gasteiger partial charge in [-0.3, -0.25) is 5.32 Å². The van der Waals surface area contributed by atoms with Crippen LogP contribution in [0, 0.1) is 19.3 Å². The maximum atomic E-state index is 11.2. The van der Waals surface area contributed by atoms with E-state index in [1.807, 2.05) is 31.2 Å². The molecule has 0 spiro atoms. The second-order valence-corrected chi connectivity index (χ2v) is 3.08. The predicted molar refractivity (Wildman–Crippen MR) is 59.6 cm³/mol. The molecule has 1 N–H and O–H groups in total. The van der Waals surface area contributed by atoms with Gasteiger partial charge in [0.15, 0.2) is 0 Å². The molecule has 0 aliphatic carbocycles. The van der Waals surface area contributed by atoms with E-state index in [1.54, 1.807) is 0 Å². The largest absolute Gasteiger partial charge is 0.448 e. The van der Waals surface area contributed by atoms with E-state index < -0.39 is 6.09 Å². The molecule has 0 radical (unpaired) electrons. The zero-order chi connectivity index (χ0) is 11.1. The molecule has 0 aliphatic rings. The lowest BCUT2D eigenvalue weighted by Crippen LogP contribution is -2.14. The molecule has 0 saturated carbocycles. The first-order chi connectivity index (χ1) is 7.22. The monoisotopic (exact) mass is 203 g/mol. The van der Waals surface area contributed by atoms with Crippen LogP contribution in [0.4, 0.5) is 10.5 Å². The van der Waals surface area contributed by atoms with Crippen molar-refractivity contribution in [1.82, 2.24) is 0 Å². The first-order valence-corrected chi connectivity index (χ1v) is 4.66. The summed E-state index contributed by atoms with van der Waals surface area (Å²) in [5.74, 6) is 2.39. The van der Waals surface area contributed by atoms with Crippen LogP contribution in [0.1, 0.15) is 12.0 Å². The minimum Gasteiger partial charge on any atom is -0.448 e. The van der Waals surface area contributed by atoms with Gasteiger partial charge in [-0.05, 0) is 19.1 Å². The lowest BCUT2D eigenvalue weighted by atomic mass is 10.2. The van der Waals surface area contributed by atoms with Crippen molar-refractivity contribution >= 4 is 11.8 Å². The number of carbonyl (C=O) groups is 1. The van der Waals surface area contributed by atoms with Crippen LogP contribution >= 0.6 is 0 Å². The molecule has 0 unspecified atom stereocenters. The fourth-order valence-corrected chi connectivity index (χ4v) is 0.993. The van der Waals surface area contributed by atoms with Crippen molar-refractivity contribution in [3.63, 3.8) is 0 Å². The second-order valence-electron chi connectivity index (χ2n) is 3.08. The fraction of sp³-hybridized carbons (Fsp3) is 0.250. The van der Waals surface area contributed by atoms with Crippen LogP contribution < -0.4 is 5.32 Å². The smallest absolute Gasteiger partial charge is 0.411 e. The minimum absolute atomic E-state index is 0.244. The van der Waals surface area contributed by atoms with Crippen molar-refractivity contribution in [2.24, 2.45) is 0 Å². The van der Waals surface area contributed by atoms with Gasteiger partial charge in [-0.2, -0.15) is 0 Å². The van der Waals surface area contributed by atoms with Crippen LogP contribution in [0.25, 0.3) is 0 Å². The second kappa shape index (κ2) is 5.71. The van der Waals surface area contributed by atoms with Crippen LogP contribution in [-0.2, 0) is 4.74 Å². The van der Waals surface area contributed by atoms with Gasteiger partial charge in [0.1, 0.15) is 6.61 Å². The van der Waals surface area contributed by atoms with Gasteiger partial charge in [-0.15, -0.1) is 12.3 Å². The molecule has 1 aromatic rings. The van der Waals surface area contributed by atoms with Crippen LogP contribution in [0.3, 0.4) is 0 Å². The number of hydrogen-bond donors (Lipinski definition) is 1. The molecule has 0 bridgehead atoms. The number of amides is 1. The Morgan fingerprint density at radius 2 is 2.13 bits per heavy atom. The van der Waals surface area contributed by atoms with Crippen LogP contribution in [0.2, 0.25) is 0 Å². The Morgan fingerprint density at radius 1 is 1.47 bits per heavy atom. The lowest BCUT2D eigenvalue weighted by molar-refractivity contribution is 0.164. The number of terminal acetylenes is 1. The van der Waals surface area contributed by atoms with Crippen molar-refractivity contribution in [3.8, 4) is 12.3 Å². The van der Waals surface area contributed by atoms with E-state index in [1.165, 1.54) is 0 Å². The number of anilines is 1. The molecule has 15 heavy (non-hydrogen) atoms. The third kappa shape index (κ3) is 4.19. The van der Waals surface area contributed by atoms with Gasteiger partial charge in [-0.25, -0.2) is 4.79 Å². The SMILES string of the molecule is C#CCCOC(=O)Nc1ccc(C)cc1. The number of benzene rings is 1. The summed E-state index contributed by atoms with van der Waals surface area (Å²) in [7, 11) is 0. The van der Waals surface area contributed by atoms with E-state index in [4.69, 9.17) is 11.2 Å².